The van der Waals surface area contributed by atoms with Gasteiger partial charge in [0.15, 0.2) is 6.67 Å². The molecule has 8 nitrogen and oxygen atoms in total. The Bertz CT molecular complexity index is 909. The molecule has 1 spiro atoms. The summed E-state index contributed by atoms with van der Waals surface area (Å²) in [6, 6.07) is 4.64. The molecule has 4 rings (SSSR count). The quantitative estimate of drug-likeness (QED) is 0.661. The summed E-state index contributed by atoms with van der Waals surface area (Å²) < 4.78 is 40.2. The molecule has 29 heavy (non-hydrogen) atoms. The van der Waals surface area contributed by atoms with E-state index in [9.17, 15) is 22.4 Å². The van der Waals surface area contributed by atoms with Crippen LogP contribution in [0.3, 0.4) is 0 Å². The van der Waals surface area contributed by atoms with Crippen LogP contribution in [0.2, 0.25) is 0 Å². The summed E-state index contributed by atoms with van der Waals surface area (Å²) >= 11 is 0. The monoisotopic (exact) mass is 425 g/mol. The molecule has 1 aromatic rings. The Morgan fingerprint density at radius 2 is 1.79 bits per heavy atom. The second-order valence-electron chi connectivity index (χ2n) is 8.08. The Kier molecular flexibility index (Phi) is 5.34. The number of sulfonamides is 1. The number of nitrogens with zero attached hydrogens (tertiary/aromatic N) is 2. The second kappa shape index (κ2) is 7.66. The number of nitrogens with one attached hydrogen (secondary N) is 2. The second-order valence-corrected chi connectivity index (χ2v) is 10.0. The van der Waals surface area contributed by atoms with Gasteiger partial charge in [-0.15, -0.1) is 0 Å². The van der Waals surface area contributed by atoms with Crippen molar-refractivity contribution in [1.82, 2.24) is 14.5 Å². The van der Waals surface area contributed by atoms with Gasteiger partial charge in [0, 0.05) is 0 Å². The average molecular weight is 426 g/mol. The summed E-state index contributed by atoms with van der Waals surface area (Å²) in [5.74, 6) is -0.741. The van der Waals surface area contributed by atoms with Gasteiger partial charge in [0.05, 0.1) is 31.1 Å². The Morgan fingerprint density at radius 1 is 1.10 bits per heavy atom. The van der Waals surface area contributed by atoms with Gasteiger partial charge < -0.3 is 10.2 Å². The van der Waals surface area contributed by atoms with Crippen molar-refractivity contribution in [2.45, 2.75) is 42.5 Å². The molecule has 1 saturated carbocycles. The van der Waals surface area contributed by atoms with Gasteiger partial charge in [0.25, 0.3) is 5.91 Å². The van der Waals surface area contributed by atoms with E-state index in [1.165, 1.54) is 27.4 Å². The highest BCUT2D eigenvalue weighted by atomic mass is 32.2. The van der Waals surface area contributed by atoms with Crippen LogP contribution in [0.15, 0.2) is 29.2 Å². The lowest BCUT2D eigenvalue weighted by atomic mass is 9.82. The number of amides is 3. The molecule has 3 aliphatic rings. The number of rotatable bonds is 4. The molecule has 2 heterocycles. The Balaban J connectivity index is 1.38. The fourth-order valence-electron chi connectivity index (χ4n) is 4.52. The highest BCUT2D eigenvalue weighted by molar-refractivity contribution is 7.89. The maximum Gasteiger partial charge on any atom is 0.329 e. The molecule has 0 radical (unpaired) electrons. The fourth-order valence-corrected chi connectivity index (χ4v) is 5.99. The number of halogens is 1. The van der Waals surface area contributed by atoms with Crippen LogP contribution >= 0.6 is 0 Å². The van der Waals surface area contributed by atoms with Crippen molar-refractivity contribution in [3.63, 3.8) is 0 Å². The van der Waals surface area contributed by atoms with Gasteiger partial charge in [-0.1, -0.05) is 25.3 Å². The first-order valence-electron chi connectivity index (χ1n) is 10.1. The molecule has 1 aromatic carbocycles. The number of hydrogen-bond acceptors (Lipinski definition) is 4. The zero-order valence-electron chi connectivity index (χ0n) is 16.2. The van der Waals surface area contributed by atoms with Crippen LogP contribution in [0.5, 0.6) is 0 Å². The molecule has 2 saturated heterocycles. The standard InChI is InChI=1S/C19H25FN4O4S/c20-15-5-4-6-16(13-15)29(27,28)23-11-9-22(10-12-23)14-24-17(25)19(21-18(24)26)7-2-1-3-8-19/h4-6,13H,1-3,7-12,14H2,(H,21,26)/p+1. The van der Waals surface area contributed by atoms with E-state index < -0.39 is 21.4 Å². The van der Waals surface area contributed by atoms with E-state index >= 15 is 0 Å². The molecule has 3 amide bonds. The maximum atomic E-state index is 13.4. The van der Waals surface area contributed by atoms with Crippen LogP contribution in [-0.2, 0) is 14.8 Å². The molecule has 2 N–H and O–H groups in total. The van der Waals surface area contributed by atoms with Crippen LogP contribution < -0.4 is 10.2 Å². The Morgan fingerprint density at radius 3 is 2.45 bits per heavy atom. The van der Waals surface area contributed by atoms with E-state index in [1.54, 1.807) is 0 Å². The minimum absolute atomic E-state index is 0.0608. The van der Waals surface area contributed by atoms with Gasteiger partial charge in [0.1, 0.15) is 11.4 Å². The smallest absolute Gasteiger partial charge is 0.323 e. The average Bonchev–Trinajstić information content (AvgIpc) is 2.93. The SMILES string of the molecule is O=C1NC2(CCCCC2)C(=O)N1C[NH+]1CCN(S(=O)(=O)c2cccc(F)c2)CC1. The van der Waals surface area contributed by atoms with Gasteiger partial charge in [0.2, 0.25) is 10.0 Å². The third kappa shape index (κ3) is 3.76. The third-order valence-electron chi connectivity index (χ3n) is 6.20. The van der Waals surface area contributed by atoms with Gasteiger partial charge in [-0.3, -0.25) is 4.79 Å². The van der Waals surface area contributed by atoms with Crippen molar-refractivity contribution < 1.29 is 27.3 Å². The fraction of sp³-hybridized carbons (Fsp3) is 0.579. The number of piperazine rings is 1. The first-order chi connectivity index (χ1) is 13.8. The molecule has 0 bridgehead atoms. The summed E-state index contributed by atoms with van der Waals surface area (Å²) in [6.07, 6.45) is 4.32. The summed E-state index contributed by atoms with van der Waals surface area (Å²) in [4.78, 5) is 27.5. The molecule has 0 aromatic heterocycles. The highest BCUT2D eigenvalue weighted by Gasteiger charge is 2.52. The highest BCUT2D eigenvalue weighted by Crippen LogP contribution is 2.33. The number of carbonyl (C=O) groups is 2. The summed E-state index contributed by atoms with van der Waals surface area (Å²) in [5.41, 5.74) is -0.739. The van der Waals surface area contributed by atoms with Crippen molar-refractivity contribution in [1.29, 1.82) is 0 Å². The molecular weight excluding hydrogens is 399 g/mol. The number of imide groups is 1. The van der Waals surface area contributed by atoms with Crippen LogP contribution in [0, 0.1) is 5.82 Å². The normalized spacial score (nSPS) is 23.6. The van der Waals surface area contributed by atoms with Gasteiger partial charge >= 0.3 is 6.03 Å². The lowest BCUT2D eigenvalue weighted by Gasteiger charge is -2.33. The van der Waals surface area contributed by atoms with Crippen molar-refractivity contribution in [2.75, 3.05) is 32.8 Å². The minimum Gasteiger partial charge on any atom is -0.323 e. The van der Waals surface area contributed by atoms with Gasteiger partial charge in [-0.2, -0.15) is 4.31 Å². The van der Waals surface area contributed by atoms with E-state index in [4.69, 9.17) is 0 Å². The topological polar surface area (TPSA) is 91.2 Å². The summed E-state index contributed by atoms with van der Waals surface area (Å²) in [6.45, 7) is 1.68. The zero-order chi connectivity index (χ0) is 20.6. The molecule has 158 valence electrons. The predicted octanol–water partition coefficient (Wildman–Crippen LogP) is -0.0729. The molecule has 3 fully saturated rings. The minimum atomic E-state index is -3.76. The van der Waals surface area contributed by atoms with Crippen molar-refractivity contribution in [2.24, 2.45) is 0 Å². The number of carbonyl (C=O) groups excluding carboxylic acids is 2. The molecule has 0 atom stereocenters. The van der Waals surface area contributed by atoms with Crippen LogP contribution in [0.1, 0.15) is 32.1 Å². The lowest BCUT2D eigenvalue weighted by molar-refractivity contribution is -0.910. The third-order valence-corrected chi connectivity index (χ3v) is 8.09. The number of benzene rings is 1. The van der Waals surface area contributed by atoms with E-state index in [0.29, 0.717) is 25.9 Å². The van der Waals surface area contributed by atoms with Crippen molar-refractivity contribution >= 4 is 22.0 Å². The predicted molar refractivity (Wildman–Crippen MR) is 102 cm³/mol. The van der Waals surface area contributed by atoms with E-state index in [0.717, 1.165) is 30.2 Å². The van der Waals surface area contributed by atoms with E-state index in [-0.39, 0.29) is 36.6 Å². The largest absolute Gasteiger partial charge is 0.329 e. The zero-order valence-corrected chi connectivity index (χ0v) is 17.0. The number of urea groups is 1. The molecule has 0 unspecified atom stereocenters. The van der Waals surface area contributed by atoms with Gasteiger partial charge in [-0.25, -0.2) is 22.5 Å². The molecular formula is C19H26FN4O4S+. The van der Waals surface area contributed by atoms with E-state index in [1.807, 2.05) is 0 Å². The number of quaternary nitrogens is 1. The number of hydrogen-bond donors (Lipinski definition) is 2. The summed E-state index contributed by atoms with van der Waals surface area (Å²) in [7, 11) is -3.76. The van der Waals surface area contributed by atoms with Crippen molar-refractivity contribution in [3.8, 4) is 0 Å². The molecule has 2 aliphatic heterocycles. The summed E-state index contributed by atoms with van der Waals surface area (Å²) in [5, 5.41) is 2.90. The van der Waals surface area contributed by atoms with Crippen molar-refractivity contribution in [3.05, 3.63) is 30.1 Å². The van der Waals surface area contributed by atoms with E-state index in [2.05, 4.69) is 5.32 Å². The van der Waals surface area contributed by atoms with Crippen LogP contribution in [-0.4, -0.2) is 67.9 Å². The Hall–Kier alpha value is -2.04. The van der Waals surface area contributed by atoms with Gasteiger partial charge in [-0.05, 0) is 31.0 Å². The first kappa shape index (κ1) is 20.2. The maximum absolute atomic E-state index is 13.4. The molecule has 10 heteroatoms. The lowest BCUT2D eigenvalue weighted by Crippen LogP contribution is -3.16. The first-order valence-corrected chi connectivity index (χ1v) is 11.5. The van der Waals surface area contributed by atoms with Crippen LogP contribution in [0.25, 0.3) is 0 Å². The molecule has 1 aliphatic carbocycles. The Labute approximate surface area is 169 Å². The van der Waals surface area contributed by atoms with Crippen LogP contribution in [0.4, 0.5) is 9.18 Å².